The molecule has 0 bridgehead atoms. The molecule has 2 amide bonds. The van der Waals surface area contributed by atoms with Crippen molar-refractivity contribution < 1.29 is 19.1 Å². The number of likely N-dealkylation sites (tertiary alicyclic amines) is 1. The van der Waals surface area contributed by atoms with E-state index in [1.54, 1.807) is 17.0 Å². The monoisotopic (exact) mass is 321 g/mol. The van der Waals surface area contributed by atoms with Crippen molar-refractivity contribution in [3.05, 3.63) is 23.9 Å². The van der Waals surface area contributed by atoms with Gasteiger partial charge in [-0.25, -0.2) is 9.78 Å². The summed E-state index contributed by atoms with van der Waals surface area (Å²) in [6, 6.07) is 3.21. The summed E-state index contributed by atoms with van der Waals surface area (Å²) >= 11 is 0. The van der Waals surface area contributed by atoms with Gasteiger partial charge in [-0.1, -0.05) is 0 Å². The quantitative estimate of drug-likeness (QED) is 0.918. The fraction of sp³-hybridized carbons (Fsp3) is 0.562. The number of hydrogen-bond acceptors (Lipinski definition) is 5. The maximum atomic E-state index is 12.0. The van der Waals surface area contributed by atoms with Crippen molar-refractivity contribution in [2.75, 3.05) is 13.1 Å². The van der Waals surface area contributed by atoms with Gasteiger partial charge in [-0.15, -0.1) is 0 Å². The van der Waals surface area contributed by atoms with Crippen molar-refractivity contribution in [1.29, 1.82) is 0 Å². The normalized spacial score (nSPS) is 16.0. The van der Waals surface area contributed by atoms with E-state index in [-0.39, 0.29) is 12.2 Å². The number of carbonyl (C=O) groups excluding carboxylic acids is 2. The highest BCUT2D eigenvalue weighted by Crippen LogP contribution is 2.19. The van der Waals surface area contributed by atoms with Crippen LogP contribution in [0.3, 0.4) is 0 Å². The first-order chi connectivity index (χ1) is 10.7. The van der Waals surface area contributed by atoms with Crippen molar-refractivity contribution in [2.24, 2.45) is 5.73 Å². The molecule has 126 valence electrons. The van der Waals surface area contributed by atoms with E-state index in [9.17, 15) is 9.59 Å². The second-order valence-corrected chi connectivity index (χ2v) is 6.53. The Bertz CT molecular complexity index is 558. The number of hydrogen-bond donors (Lipinski definition) is 1. The van der Waals surface area contributed by atoms with E-state index in [1.807, 2.05) is 20.8 Å². The Morgan fingerprint density at radius 3 is 2.39 bits per heavy atom. The summed E-state index contributed by atoms with van der Waals surface area (Å²) in [7, 11) is 0. The summed E-state index contributed by atoms with van der Waals surface area (Å²) in [4.78, 5) is 28.7. The highest BCUT2D eigenvalue weighted by molar-refractivity contribution is 5.92. The summed E-state index contributed by atoms with van der Waals surface area (Å²) in [6.45, 7) is 6.71. The molecule has 0 saturated carbocycles. The minimum Gasteiger partial charge on any atom is -0.474 e. The number of aromatic nitrogens is 1. The molecule has 1 aromatic rings. The van der Waals surface area contributed by atoms with Gasteiger partial charge in [-0.3, -0.25) is 4.79 Å². The smallest absolute Gasteiger partial charge is 0.410 e. The van der Waals surface area contributed by atoms with E-state index >= 15 is 0 Å². The van der Waals surface area contributed by atoms with E-state index in [1.165, 1.54) is 6.20 Å². The van der Waals surface area contributed by atoms with Gasteiger partial charge in [0.25, 0.3) is 0 Å². The van der Waals surface area contributed by atoms with Gasteiger partial charge in [-0.2, -0.15) is 0 Å². The predicted molar refractivity (Wildman–Crippen MR) is 84.2 cm³/mol. The predicted octanol–water partition coefficient (Wildman–Crippen LogP) is 1.96. The summed E-state index contributed by atoms with van der Waals surface area (Å²) in [5.74, 6) is -0.0690. The number of pyridine rings is 1. The lowest BCUT2D eigenvalue weighted by atomic mass is 10.1. The zero-order valence-corrected chi connectivity index (χ0v) is 13.7. The van der Waals surface area contributed by atoms with E-state index in [0.29, 0.717) is 37.4 Å². The maximum absolute atomic E-state index is 12.0. The second kappa shape index (κ2) is 6.85. The lowest BCUT2D eigenvalue weighted by Gasteiger charge is -2.33. The number of nitrogens with two attached hydrogens (primary N) is 1. The minimum absolute atomic E-state index is 0.0133. The van der Waals surface area contributed by atoms with Gasteiger partial charge in [-0.05, 0) is 26.8 Å². The van der Waals surface area contributed by atoms with Crippen LogP contribution in [-0.4, -0.2) is 46.7 Å². The molecule has 2 rings (SSSR count). The maximum Gasteiger partial charge on any atom is 0.410 e. The van der Waals surface area contributed by atoms with Crippen molar-refractivity contribution in [2.45, 2.75) is 45.3 Å². The number of nitrogens with zero attached hydrogens (tertiary/aromatic N) is 2. The van der Waals surface area contributed by atoms with Gasteiger partial charge in [0.1, 0.15) is 11.7 Å². The molecule has 23 heavy (non-hydrogen) atoms. The van der Waals surface area contributed by atoms with Crippen molar-refractivity contribution in [3.63, 3.8) is 0 Å². The number of rotatable bonds is 3. The largest absolute Gasteiger partial charge is 0.474 e. The van der Waals surface area contributed by atoms with Gasteiger partial charge >= 0.3 is 6.09 Å². The molecule has 1 fully saturated rings. The summed E-state index contributed by atoms with van der Waals surface area (Å²) in [5.41, 5.74) is 5.02. The van der Waals surface area contributed by atoms with Crippen LogP contribution in [0.1, 0.15) is 44.0 Å². The number of carbonyl (C=O) groups is 2. The van der Waals surface area contributed by atoms with Crippen LogP contribution in [0.25, 0.3) is 0 Å². The minimum atomic E-state index is -0.519. The first-order valence-corrected chi connectivity index (χ1v) is 7.65. The number of amides is 2. The van der Waals surface area contributed by atoms with Crippen LogP contribution in [0.4, 0.5) is 4.79 Å². The molecule has 7 heteroatoms. The van der Waals surface area contributed by atoms with E-state index < -0.39 is 11.5 Å². The molecular weight excluding hydrogens is 298 g/mol. The highest BCUT2D eigenvalue weighted by atomic mass is 16.6. The zero-order valence-electron chi connectivity index (χ0n) is 13.7. The highest BCUT2D eigenvalue weighted by Gasteiger charge is 2.27. The summed E-state index contributed by atoms with van der Waals surface area (Å²) in [6.07, 6.45) is 2.50. The third-order valence-corrected chi connectivity index (χ3v) is 3.40. The average molecular weight is 321 g/mol. The van der Waals surface area contributed by atoms with Gasteiger partial charge in [0, 0.05) is 38.2 Å². The number of ether oxygens (including phenoxy) is 2. The molecule has 1 saturated heterocycles. The van der Waals surface area contributed by atoms with E-state index in [0.717, 1.165) is 0 Å². The molecule has 2 N–H and O–H groups in total. The molecule has 0 atom stereocenters. The molecule has 0 aliphatic carbocycles. The van der Waals surface area contributed by atoms with Gasteiger partial charge in [0.05, 0.1) is 5.56 Å². The molecule has 0 spiro atoms. The molecule has 1 aromatic heterocycles. The Morgan fingerprint density at radius 1 is 1.26 bits per heavy atom. The van der Waals surface area contributed by atoms with Crippen LogP contribution in [-0.2, 0) is 4.74 Å². The number of piperidine rings is 1. The Kier molecular flexibility index (Phi) is 5.08. The molecule has 1 aliphatic rings. The summed E-state index contributed by atoms with van der Waals surface area (Å²) < 4.78 is 11.1. The molecule has 0 aromatic carbocycles. The fourth-order valence-corrected chi connectivity index (χ4v) is 2.25. The Balaban J connectivity index is 1.82. The molecule has 0 unspecified atom stereocenters. The van der Waals surface area contributed by atoms with Crippen LogP contribution in [0.15, 0.2) is 18.3 Å². The third-order valence-electron chi connectivity index (χ3n) is 3.40. The molecule has 7 nitrogen and oxygen atoms in total. The first kappa shape index (κ1) is 17.1. The average Bonchev–Trinajstić information content (AvgIpc) is 2.46. The van der Waals surface area contributed by atoms with Crippen molar-refractivity contribution in [1.82, 2.24) is 9.88 Å². The standard InChI is InChI=1S/C16H23N3O4/c1-16(2,3)23-15(21)19-8-6-12(7-9-19)22-13-5-4-11(10-18-13)14(17)20/h4-5,10,12H,6-9H2,1-3H3,(H2,17,20). The van der Waals surface area contributed by atoms with Gasteiger partial charge in [0.2, 0.25) is 11.8 Å². The first-order valence-electron chi connectivity index (χ1n) is 7.65. The number of primary amides is 1. The van der Waals surface area contributed by atoms with Crippen LogP contribution in [0, 0.1) is 0 Å². The molecular formula is C16H23N3O4. The van der Waals surface area contributed by atoms with Crippen LogP contribution < -0.4 is 10.5 Å². The molecule has 2 heterocycles. The Morgan fingerprint density at radius 2 is 1.91 bits per heavy atom. The lowest BCUT2D eigenvalue weighted by Crippen LogP contribution is -2.44. The fourth-order valence-electron chi connectivity index (χ4n) is 2.25. The Labute approximate surface area is 135 Å². The van der Waals surface area contributed by atoms with Gasteiger partial charge < -0.3 is 20.1 Å². The van der Waals surface area contributed by atoms with E-state index in [2.05, 4.69) is 4.98 Å². The lowest BCUT2D eigenvalue weighted by molar-refractivity contribution is 0.0123. The van der Waals surface area contributed by atoms with Crippen molar-refractivity contribution in [3.8, 4) is 5.88 Å². The van der Waals surface area contributed by atoms with Crippen LogP contribution in [0.5, 0.6) is 5.88 Å². The van der Waals surface area contributed by atoms with E-state index in [4.69, 9.17) is 15.2 Å². The van der Waals surface area contributed by atoms with Gasteiger partial charge in [0.15, 0.2) is 0 Å². The molecule has 0 radical (unpaired) electrons. The Hall–Kier alpha value is -2.31. The zero-order chi connectivity index (χ0) is 17.0. The molecule has 1 aliphatic heterocycles. The third kappa shape index (κ3) is 5.12. The van der Waals surface area contributed by atoms with Crippen LogP contribution >= 0.6 is 0 Å². The summed E-state index contributed by atoms with van der Waals surface area (Å²) in [5, 5.41) is 0. The topological polar surface area (TPSA) is 94.7 Å². The SMILES string of the molecule is CC(C)(C)OC(=O)N1CCC(Oc2ccc(C(N)=O)cn2)CC1. The second-order valence-electron chi connectivity index (χ2n) is 6.53. The van der Waals surface area contributed by atoms with Crippen molar-refractivity contribution >= 4 is 12.0 Å². The van der Waals surface area contributed by atoms with Crippen LogP contribution in [0.2, 0.25) is 0 Å².